The Balaban J connectivity index is 1.70. The zero-order valence-corrected chi connectivity index (χ0v) is 8.95. The van der Waals surface area contributed by atoms with E-state index in [2.05, 4.69) is 33.5 Å². The van der Waals surface area contributed by atoms with Gasteiger partial charge in [0.25, 0.3) is 0 Å². The van der Waals surface area contributed by atoms with E-state index in [0.717, 1.165) is 44.6 Å². The van der Waals surface area contributed by atoms with Gasteiger partial charge in [-0.3, -0.25) is 9.98 Å². The third-order valence-corrected chi connectivity index (χ3v) is 2.52. The number of hydrogen-bond acceptors (Lipinski definition) is 3. The summed E-state index contributed by atoms with van der Waals surface area (Å²) in [5.41, 5.74) is 2.41. The maximum atomic E-state index is 4.43. The first kappa shape index (κ1) is 10.3. The predicted octanol–water partition coefficient (Wildman–Crippen LogP) is 1.73. The molecule has 0 aromatic rings. The summed E-state index contributed by atoms with van der Waals surface area (Å²) in [7, 11) is 0. The molecule has 3 heteroatoms. The first-order chi connectivity index (χ1) is 7.45. The molecule has 2 heterocycles. The quantitative estimate of drug-likeness (QED) is 0.742. The van der Waals surface area contributed by atoms with Gasteiger partial charge in [-0.1, -0.05) is 12.2 Å². The van der Waals surface area contributed by atoms with Crippen LogP contribution in [0.25, 0.3) is 0 Å². The number of aliphatic imine (C=N–C) groups is 2. The third kappa shape index (κ3) is 3.44. The van der Waals surface area contributed by atoms with Crippen molar-refractivity contribution in [3.63, 3.8) is 0 Å². The van der Waals surface area contributed by atoms with E-state index in [0.29, 0.717) is 0 Å². The molecule has 0 atom stereocenters. The van der Waals surface area contributed by atoms with Crippen molar-refractivity contribution in [2.24, 2.45) is 9.98 Å². The average molecular weight is 203 g/mol. The summed E-state index contributed by atoms with van der Waals surface area (Å²) < 4.78 is 0. The fraction of sp³-hybridized carbons (Fsp3) is 0.500. The van der Waals surface area contributed by atoms with E-state index >= 15 is 0 Å². The Bertz CT molecular complexity index is 324. The van der Waals surface area contributed by atoms with Crippen LogP contribution in [0.2, 0.25) is 0 Å². The zero-order chi connectivity index (χ0) is 10.3. The second-order valence-electron chi connectivity index (χ2n) is 3.79. The first-order valence-corrected chi connectivity index (χ1v) is 5.56. The topological polar surface area (TPSA) is 36.8 Å². The molecule has 0 saturated heterocycles. The van der Waals surface area contributed by atoms with Crippen molar-refractivity contribution >= 4 is 11.4 Å². The highest BCUT2D eigenvalue weighted by molar-refractivity contribution is 5.97. The number of allylic oxidation sites excluding steroid dienone is 1. The molecule has 0 spiro atoms. The van der Waals surface area contributed by atoms with Gasteiger partial charge in [0.2, 0.25) is 0 Å². The fourth-order valence-corrected chi connectivity index (χ4v) is 1.69. The van der Waals surface area contributed by atoms with Gasteiger partial charge in [-0.2, -0.15) is 0 Å². The van der Waals surface area contributed by atoms with Crippen LogP contribution in [-0.4, -0.2) is 31.1 Å². The third-order valence-electron chi connectivity index (χ3n) is 2.52. The van der Waals surface area contributed by atoms with Crippen LogP contribution in [0.4, 0.5) is 0 Å². The second-order valence-corrected chi connectivity index (χ2v) is 3.79. The molecule has 0 radical (unpaired) electrons. The normalized spacial score (nSPS) is 20.0. The summed E-state index contributed by atoms with van der Waals surface area (Å²) in [5, 5.41) is 3.38. The van der Waals surface area contributed by atoms with Crippen molar-refractivity contribution < 1.29 is 0 Å². The molecule has 2 aliphatic rings. The van der Waals surface area contributed by atoms with E-state index in [1.165, 1.54) is 5.71 Å². The highest BCUT2D eigenvalue weighted by Crippen LogP contribution is 2.01. The standard InChI is InChI=1S/C12H17N3/c1-3-7-14-11(5-1)9-13-10-12-6-2-4-8-15-12/h1,4-5,8,13H,2-3,6-7,9-10H2. The van der Waals surface area contributed by atoms with Crippen LogP contribution >= 0.6 is 0 Å². The van der Waals surface area contributed by atoms with E-state index in [-0.39, 0.29) is 0 Å². The maximum Gasteiger partial charge on any atom is 0.0483 e. The van der Waals surface area contributed by atoms with Gasteiger partial charge in [0.05, 0.1) is 0 Å². The zero-order valence-electron chi connectivity index (χ0n) is 8.95. The molecule has 15 heavy (non-hydrogen) atoms. The van der Waals surface area contributed by atoms with Crippen LogP contribution < -0.4 is 5.32 Å². The van der Waals surface area contributed by atoms with Crippen molar-refractivity contribution in [2.45, 2.75) is 19.3 Å². The van der Waals surface area contributed by atoms with E-state index in [1.807, 2.05) is 6.20 Å². The molecular formula is C12H17N3. The van der Waals surface area contributed by atoms with Gasteiger partial charge in [0.15, 0.2) is 0 Å². The van der Waals surface area contributed by atoms with Crippen LogP contribution in [0.1, 0.15) is 19.3 Å². The second kappa shape index (κ2) is 5.61. The summed E-state index contributed by atoms with van der Waals surface area (Å²) in [4.78, 5) is 8.75. The van der Waals surface area contributed by atoms with Crippen molar-refractivity contribution in [1.29, 1.82) is 0 Å². The van der Waals surface area contributed by atoms with Gasteiger partial charge in [-0.05, 0) is 25.3 Å². The van der Waals surface area contributed by atoms with Crippen molar-refractivity contribution in [1.82, 2.24) is 5.32 Å². The molecule has 1 N–H and O–H groups in total. The van der Waals surface area contributed by atoms with Crippen LogP contribution in [0.5, 0.6) is 0 Å². The van der Waals surface area contributed by atoms with Gasteiger partial charge < -0.3 is 5.32 Å². The summed E-state index contributed by atoms with van der Waals surface area (Å²) >= 11 is 0. The van der Waals surface area contributed by atoms with Crippen LogP contribution in [0.3, 0.4) is 0 Å². The van der Waals surface area contributed by atoms with E-state index < -0.39 is 0 Å². The predicted molar refractivity (Wildman–Crippen MR) is 64.7 cm³/mol. The Labute approximate surface area is 90.7 Å². The molecule has 0 aromatic heterocycles. The SMILES string of the molecule is C1=CC(CNCC2=NC=CCC2)=NCC1. The molecule has 0 saturated carbocycles. The smallest absolute Gasteiger partial charge is 0.0483 e. The van der Waals surface area contributed by atoms with Crippen LogP contribution in [0.15, 0.2) is 34.4 Å². The van der Waals surface area contributed by atoms with Gasteiger partial charge in [0.1, 0.15) is 0 Å². The minimum Gasteiger partial charge on any atom is -0.306 e. The maximum absolute atomic E-state index is 4.43. The van der Waals surface area contributed by atoms with Crippen molar-refractivity contribution in [2.75, 3.05) is 19.6 Å². The van der Waals surface area contributed by atoms with Gasteiger partial charge in [0, 0.05) is 37.3 Å². The lowest BCUT2D eigenvalue weighted by Gasteiger charge is -2.10. The Kier molecular flexibility index (Phi) is 3.85. The first-order valence-electron chi connectivity index (χ1n) is 5.56. The Morgan fingerprint density at radius 3 is 2.93 bits per heavy atom. The van der Waals surface area contributed by atoms with Crippen molar-refractivity contribution in [3.05, 3.63) is 24.4 Å². The lowest BCUT2D eigenvalue weighted by atomic mass is 10.1. The molecule has 0 unspecified atom stereocenters. The molecule has 0 aliphatic carbocycles. The summed E-state index contributed by atoms with van der Waals surface area (Å²) in [6, 6.07) is 0. The molecule has 0 aromatic carbocycles. The number of nitrogens with zero attached hydrogens (tertiary/aromatic N) is 2. The Morgan fingerprint density at radius 2 is 2.20 bits per heavy atom. The van der Waals surface area contributed by atoms with Crippen LogP contribution in [-0.2, 0) is 0 Å². The average Bonchev–Trinajstić information content (AvgIpc) is 2.32. The fourth-order valence-electron chi connectivity index (χ4n) is 1.69. The number of hydrogen-bond donors (Lipinski definition) is 1. The molecule has 0 bridgehead atoms. The van der Waals surface area contributed by atoms with Gasteiger partial charge in [-0.25, -0.2) is 0 Å². The van der Waals surface area contributed by atoms with E-state index in [4.69, 9.17) is 0 Å². The number of dihydropyridines is 1. The molecule has 2 aliphatic heterocycles. The van der Waals surface area contributed by atoms with E-state index in [9.17, 15) is 0 Å². The van der Waals surface area contributed by atoms with Gasteiger partial charge in [-0.15, -0.1) is 0 Å². The molecule has 3 nitrogen and oxygen atoms in total. The molecule has 80 valence electrons. The van der Waals surface area contributed by atoms with E-state index in [1.54, 1.807) is 0 Å². The number of rotatable bonds is 4. The van der Waals surface area contributed by atoms with Gasteiger partial charge >= 0.3 is 0 Å². The highest BCUT2D eigenvalue weighted by atomic mass is 14.9. The van der Waals surface area contributed by atoms with Crippen LogP contribution in [0, 0.1) is 0 Å². The highest BCUT2D eigenvalue weighted by Gasteiger charge is 2.02. The molecule has 2 rings (SSSR count). The summed E-state index contributed by atoms with van der Waals surface area (Å²) in [6.07, 6.45) is 11.6. The minimum absolute atomic E-state index is 0.860. The molecule has 0 amide bonds. The monoisotopic (exact) mass is 203 g/mol. The molecular weight excluding hydrogens is 186 g/mol. The Hall–Kier alpha value is -1.22. The largest absolute Gasteiger partial charge is 0.306 e. The molecule has 0 fully saturated rings. The Morgan fingerprint density at radius 1 is 1.20 bits per heavy atom. The lowest BCUT2D eigenvalue weighted by Crippen LogP contribution is -2.28. The summed E-state index contributed by atoms with van der Waals surface area (Å²) in [6.45, 7) is 2.69. The minimum atomic E-state index is 0.860. The lowest BCUT2D eigenvalue weighted by molar-refractivity contribution is 0.853. The number of nitrogens with one attached hydrogen (secondary N) is 1. The van der Waals surface area contributed by atoms with Crippen molar-refractivity contribution in [3.8, 4) is 0 Å². The summed E-state index contributed by atoms with van der Waals surface area (Å²) in [5.74, 6) is 0.